The predicted molar refractivity (Wildman–Crippen MR) is 59.8 cm³/mol. The van der Waals surface area contributed by atoms with Crippen LogP contribution in [0.25, 0.3) is 0 Å². The summed E-state index contributed by atoms with van der Waals surface area (Å²) in [5.74, 6) is 0.0750. The molecular formula is C11H19N3O. The summed E-state index contributed by atoms with van der Waals surface area (Å²) in [6.45, 7) is 8.34. The van der Waals surface area contributed by atoms with E-state index in [9.17, 15) is 4.79 Å². The Kier molecular flexibility index (Phi) is 4.34. The van der Waals surface area contributed by atoms with Crippen molar-refractivity contribution in [2.24, 2.45) is 0 Å². The molecule has 1 rings (SSSR count). The van der Waals surface area contributed by atoms with Crippen LogP contribution in [0.15, 0.2) is 12.3 Å². The zero-order valence-electron chi connectivity index (χ0n) is 9.73. The minimum Gasteiger partial charge on any atom is -0.338 e. The molecule has 0 atom stereocenters. The first-order valence-corrected chi connectivity index (χ1v) is 5.55. The van der Waals surface area contributed by atoms with E-state index in [4.69, 9.17) is 0 Å². The van der Waals surface area contributed by atoms with Crippen molar-refractivity contribution >= 4 is 5.91 Å². The third-order valence-corrected chi connectivity index (χ3v) is 2.42. The minimum atomic E-state index is 0.0750. The van der Waals surface area contributed by atoms with E-state index >= 15 is 0 Å². The van der Waals surface area contributed by atoms with Crippen LogP contribution >= 0.6 is 0 Å². The predicted octanol–water partition coefficient (Wildman–Crippen LogP) is 1.78. The lowest BCUT2D eigenvalue weighted by atomic mass is 10.3. The molecule has 4 heteroatoms. The Morgan fingerprint density at radius 3 is 2.60 bits per heavy atom. The molecule has 1 aromatic heterocycles. The molecule has 0 saturated heterocycles. The molecule has 0 saturated carbocycles. The second-order valence-corrected chi connectivity index (χ2v) is 3.42. The van der Waals surface area contributed by atoms with E-state index < -0.39 is 0 Å². The summed E-state index contributed by atoms with van der Waals surface area (Å²) in [5.41, 5.74) is 0.695. The van der Waals surface area contributed by atoms with E-state index in [1.807, 2.05) is 18.7 Å². The molecule has 0 fully saturated rings. The van der Waals surface area contributed by atoms with Crippen LogP contribution in [0.4, 0.5) is 0 Å². The summed E-state index contributed by atoms with van der Waals surface area (Å²) in [7, 11) is 0. The minimum absolute atomic E-state index is 0.0750. The van der Waals surface area contributed by atoms with Gasteiger partial charge in [-0.2, -0.15) is 5.10 Å². The van der Waals surface area contributed by atoms with Gasteiger partial charge in [-0.3, -0.25) is 9.48 Å². The van der Waals surface area contributed by atoms with Gasteiger partial charge in [-0.1, -0.05) is 6.92 Å². The zero-order valence-corrected chi connectivity index (χ0v) is 9.73. The molecule has 0 spiro atoms. The average Bonchev–Trinajstić information content (AvgIpc) is 2.68. The Morgan fingerprint density at radius 2 is 2.07 bits per heavy atom. The van der Waals surface area contributed by atoms with Crippen molar-refractivity contribution in [1.29, 1.82) is 0 Å². The molecule has 1 heterocycles. The number of rotatable bonds is 5. The number of aryl methyl sites for hydroxylation is 1. The maximum absolute atomic E-state index is 12.0. The molecule has 15 heavy (non-hydrogen) atoms. The molecule has 0 aromatic carbocycles. The average molecular weight is 209 g/mol. The first kappa shape index (κ1) is 11.8. The monoisotopic (exact) mass is 209 g/mol. The van der Waals surface area contributed by atoms with Crippen LogP contribution in [0.3, 0.4) is 0 Å². The van der Waals surface area contributed by atoms with Crippen molar-refractivity contribution in [3.05, 3.63) is 18.0 Å². The maximum atomic E-state index is 12.0. The van der Waals surface area contributed by atoms with Gasteiger partial charge < -0.3 is 4.90 Å². The SMILES string of the molecule is CCCn1nccc1C(=O)N(CC)CC. The fourth-order valence-electron chi connectivity index (χ4n) is 1.58. The Hall–Kier alpha value is -1.32. The molecule has 84 valence electrons. The van der Waals surface area contributed by atoms with Crippen LogP contribution in [0.1, 0.15) is 37.7 Å². The van der Waals surface area contributed by atoms with Crippen LogP contribution in [0, 0.1) is 0 Å². The fraction of sp³-hybridized carbons (Fsp3) is 0.636. The molecule has 1 aromatic rings. The lowest BCUT2D eigenvalue weighted by Gasteiger charge is -2.18. The van der Waals surface area contributed by atoms with Crippen LogP contribution < -0.4 is 0 Å². The van der Waals surface area contributed by atoms with Crippen LogP contribution in [-0.2, 0) is 6.54 Å². The van der Waals surface area contributed by atoms with Gasteiger partial charge in [0, 0.05) is 25.8 Å². The molecule has 0 bridgehead atoms. The fourth-order valence-corrected chi connectivity index (χ4v) is 1.58. The van der Waals surface area contributed by atoms with E-state index in [2.05, 4.69) is 12.0 Å². The van der Waals surface area contributed by atoms with Crippen molar-refractivity contribution in [1.82, 2.24) is 14.7 Å². The van der Waals surface area contributed by atoms with E-state index in [1.165, 1.54) is 0 Å². The second kappa shape index (κ2) is 5.53. The first-order valence-electron chi connectivity index (χ1n) is 5.55. The Bertz CT molecular complexity index is 315. The molecule has 1 amide bonds. The van der Waals surface area contributed by atoms with Crippen molar-refractivity contribution in [3.8, 4) is 0 Å². The van der Waals surface area contributed by atoms with Crippen LogP contribution in [0.2, 0.25) is 0 Å². The van der Waals surface area contributed by atoms with E-state index in [0.29, 0.717) is 5.69 Å². The normalized spacial score (nSPS) is 10.3. The van der Waals surface area contributed by atoms with Gasteiger partial charge >= 0.3 is 0 Å². The van der Waals surface area contributed by atoms with Gasteiger partial charge in [-0.25, -0.2) is 0 Å². The summed E-state index contributed by atoms with van der Waals surface area (Å²) < 4.78 is 1.78. The Morgan fingerprint density at radius 1 is 1.40 bits per heavy atom. The van der Waals surface area contributed by atoms with Gasteiger partial charge in [0.1, 0.15) is 5.69 Å². The number of carbonyl (C=O) groups excluding carboxylic acids is 1. The number of hydrogen-bond donors (Lipinski definition) is 0. The first-order chi connectivity index (χ1) is 7.24. The van der Waals surface area contributed by atoms with E-state index in [-0.39, 0.29) is 5.91 Å². The summed E-state index contributed by atoms with van der Waals surface area (Å²) in [6.07, 6.45) is 2.67. The van der Waals surface area contributed by atoms with Gasteiger partial charge in [-0.15, -0.1) is 0 Å². The lowest BCUT2D eigenvalue weighted by Crippen LogP contribution is -2.32. The van der Waals surface area contributed by atoms with Gasteiger partial charge in [0.25, 0.3) is 5.91 Å². The standard InChI is InChI=1S/C11H19N3O/c1-4-9-14-10(7-8-12-14)11(15)13(5-2)6-3/h7-8H,4-6,9H2,1-3H3. The third-order valence-electron chi connectivity index (χ3n) is 2.42. The van der Waals surface area contributed by atoms with Crippen LogP contribution in [-0.4, -0.2) is 33.7 Å². The number of aromatic nitrogens is 2. The Balaban J connectivity index is 2.84. The highest BCUT2D eigenvalue weighted by molar-refractivity contribution is 5.92. The van der Waals surface area contributed by atoms with E-state index in [0.717, 1.165) is 26.1 Å². The number of carbonyl (C=O) groups is 1. The molecule has 0 aliphatic carbocycles. The van der Waals surface area contributed by atoms with Crippen molar-refractivity contribution < 1.29 is 4.79 Å². The number of hydrogen-bond acceptors (Lipinski definition) is 2. The van der Waals surface area contributed by atoms with Gasteiger partial charge in [0.05, 0.1) is 0 Å². The summed E-state index contributed by atoms with van der Waals surface area (Å²) in [5, 5.41) is 4.15. The highest BCUT2D eigenvalue weighted by Gasteiger charge is 2.16. The Labute approximate surface area is 90.9 Å². The van der Waals surface area contributed by atoms with Gasteiger partial charge in [-0.05, 0) is 26.3 Å². The highest BCUT2D eigenvalue weighted by Crippen LogP contribution is 2.05. The smallest absolute Gasteiger partial charge is 0.272 e. The second-order valence-electron chi connectivity index (χ2n) is 3.42. The van der Waals surface area contributed by atoms with Gasteiger partial charge in [0.15, 0.2) is 0 Å². The zero-order chi connectivity index (χ0) is 11.3. The summed E-state index contributed by atoms with van der Waals surface area (Å²) >= 11 is 0. The molecule has 0 aliphatic rings. The molecule has 0 radical (unpaired) electrons. The van der Waals surface area contributed by atoms with Gasteiger partial charge in [0.2, 0.25) is 0 Å². The maximum Gasteiger partial charge on any atom is 0.272 e. The number of amides is 1. The topological polar surface area (TPSA) is 38.1 Å². The summed E-state index contributed by atoms with van der Waals surface area (Å²) in [6, 6.07) is 1.79. The lowest BCUT2D eigenvalue weighted by molar-refractivity contribution is 0.0760. The molecule has 4 nitrogen and oxygen atoms in total. The van der Waals surface area contributed by atoms with Crippen molar-refractivity contribution in [2.45, 2.75) is 33.7 Å². The largest absolute Gasteiger partial charge is 0.338 e. The molecule has 0 aliphatic heterocycles. The quantitative estimate of drug-likeness (QED) is 0.741. The number of nitrogens with zero attached hydrogens (tertiary/aromatic N) is 3. The highest BCUT2D eigenvalue weighted by atomic mass is 16.2. The van der Waals surface area contributed by atoms with Crippen LogP contribution in [0.5, 0.6) is 0 Å². The third kappa shape index (κ3) is 2.58. The molecule has 0 N–H and O–H groups in total. The molecular weight excluding hydrogens is 190 g/mol. The summed E-state index contributed by atoms with van der Waals surface area (Å²) in [4.78, 5) is 13.8. The van der Waals surface area contributed by atoms with Crippen molar-refractivity contribution in [3.63, 3.8) is 0 Å². The molecule has 0 unspecified atom stereocenters. The van der Waals surface area contributed by atoms with E-state index in [1.54, 1.807) is 16.9 Å². The van der Waals surface area contributed by atoms with Crippen molar-refractivity contribution in [2.75, 3.05) is 13.1 Å².